The lowest BCUT2D eigenvalue weighted by Crippen LogP contribution is -2.32. The maximum absolute atomic E-state index is 11.9. The van der Waals surface area contributed by atoms with Crippen LogP contribution in [0.25, 0.3) is 0 Å². The molecule has 0 spiro atoms. The first-order chi connectivity index (χ1) is 10.5. The smallest absolute Gasteiger partial charge is 0.223 e. The van der Waals surface area contributed by atoms with Crippen LogP contribution >= 0.6 is 0 Å². The number of amides is 1. The van der Waals surface area contributed by atoms with E-state index < -0.39 is 0 Å². The number of anilines is 1. The molecule has 1 N–H and O–H groups in total. The Labute approximate surface area is 132 Å². The van der Waals surface area contributed by atoms with Gasteiger partial charge in [-0.2, -0.15) is 0 Å². The Kier molecular flexibility index (Phi) is 4.32. The van der Waals surface area contributed by atoms with E-state index in [0.717, 1.165) is 24.7 Å². The molecule has 0 unspecified atom stereocenters. The third-order valence-electron chi connectivity index (χ3n) is 4.81. The third-order valence-corrected chi connectivity index (χ3v) is 4.81. The van der Waals surface area contributed by atoms with E-state index in [1.54, 1.807) is 0 Å². The molecule has 2 aliphatic rings. The number of likely N-dealkylation sites (tertiary alicyclic amines) is 1. The van der Waals surface area contributed by atoms with E-state index in [4.69, 9.17) is 0 Å². The zero-order chi connectivity index (χ0) is 15.7. The summed E-state index contributed by atoms with van der Waals surface area (Å²) >= 11 is 0. The van der Waals surface area contributed by atoms with Crippen LogP contribution in [0.1, 0.15) is 56.8 Å². The zero-order valence-electron chi connectivity index (χ0n) is 13.8. The molecular formula is C17H26N4O. The summed E-state index contributed by atoms with van der Waals surface area (Å²) in [4.78, 5) is 23.1. The van der Waals surface area contributed by atoms with Crippen LogP contribution in [0.15, 0.2) is 6.07 Å². The van der Waals surface area contributed by atoms with E-state index in [0.29, 0.717) is 18.3 Å². The maximum Gasteiger partial charge on any atom is 0.223 e. The second-order valence-electron chi connectivity index (χ2n) is 6.98. The maximum atomic E-state index is 11.9. The summed E-state index contributed by atoms with van der Waals surface area (Å²) in [5.74, 6) is 1.96. The van der Waals surface area contributed by atoms with Crippen molar-refractivity contribution >= 4 is 11.9 Å². The molecule has 2 fully saturated rings. The molecule has 5 heteroatoms. The number of aromatic nitrogens is 2. The van der Waals surface area contributed by atoms with Crippen LogP contribution in [0.4, 0.5) is 5.95 Å². The van der Waals surface area contributed by atoms with Crippen molar-refractivity contribution in [2.24, 2.45) is 5.92 Å². The number of hydrogen-bond donors (Lipinski definition) is 1. The SMILES string of the molecule is Cc1cc(C2CCC2)nc(NC[C@H]2CC(=O)N(C(C)C)C2)n1. The number of nitrogens with one attached hydrogen (secondary N) is 1. The average Bonchev–Trinajstić information content (AvgIpc) is 2.75. The standard InChI is InChI=1S/C17H26N4O/c1-11(2)21-10-13(8-16(21)22)9-18-17-19-12(3)7-15(20-17)14-5-4-6-14/h7,11,13-14H,4-6,8-10H2,1-3H3,(H,18,19,20)/t13-/m1/s1. The second kappa shape index (κ2) is 6.23. The Bertz CT molecular complexity index is 554. The first kappa shape index (κ1) is 15.3. The van der Waals surface area contributed by atoms with Crippen LogP contribution in [0, 0.1) is 12.8 Å². The minimum atomic E-state index is 0.266. The Morgan fingerprint density at radius 3 is 2.73 bits per heavy atom. The molecule has 1 aliphatic carbocycles. The third kappa shape index (κ3) is 3.23. The lowest BCUT2D eigenvalue weighted by Gasteiger charge is -2.25. The predicted molar refractivity (Wildman–Crippen MR) is 86.8 cm³/mol. The van der Waals surface area contributed by atoms with E-state index in [-0.39, 0.29) is 11.9 Å². The molecule has 22 heavy (non-hydrogen) atoms. The van der Waals surface area contributed by atoms with Gasteiger partial charge >= 0.3 is 0 Å². The summed E-state index contributed by atoms with van der Waals surface area (Å²) in [5, 5.41) is 3.35. The van der Waals surface area contributed by atoms with Gasteiger partial charge in [-0.05, 0) is 39.7 Å². The number of nitrogens with zero attached hydrogens (tertiary/aromatic N) is 3. The molecule has 1 aromatic heterocycles. The van der Waals surface area contributed by atoms with Crippen LogP contribution in [0.3, 0.4) is 0 Å². The molecule has 1 aromatic rings. The van der Waals surface area contributed by atoms with Crippen molar-refractivity contribution in [1.82, 2.24) is 14.9 Å². The fourth-order valence-electron chi connectivity index (χ4n) is 3.26. The Morgan fingerprint density at radius 1 is 1.36 bits per heavy atom. The highest BCUT2D eigenvalue weighted by molar-refractivity contribution is 5.79. The highest BCUT2D eigenvalue weighted by Crippen LogP contribution is 2.35. The van der Waals surface area contributed by atoms with Gasteiger partial charge in [0.1, 0.15) is 0 Å². The Hall–Kier alpha value is -1.65. The number of carbonyl (C=O) groups is 1. The van der Waals surface area contributed by atoms with Crippen molar-refractivity contribution in [2.75, 3.05) is 18.4 Å². The fourth-order valence-corrected chi connectivity index (χ4v) is 3.26. The van der Waals surface area contributed by atoms with Gasteiger partial charge < -0.3 is 10.2 Å². The highest BCUT2D eigenvalue weighted by atomic mass is 16.2. The molecular weight excluding hydrogens is 276 g/mol. The first-order valence-electron chi connectivity index (χ1n) is 8.42. The van der Waals surface area contributed by atoms with Gasteiger partial charge in [0.15, 0.2) is 0 Å². The molecule has 1 aliphatic heterocycles. The van der Waals surface area contributed by atoms with E-state index in [2.05, 4.69) is 35.2 Å². The minimum absolute atomic E-state index is 0.266. The fraction of sp³-hybridized carbons (Fsp3) is 0.706. The van der Waals surface area contributed by atoms with Crippen molar-refractivity contribution in [2.45, 2.75) is 58.4 Å². The summed E-state index contributed by atoms with van der Waals surface area (Å²) in [5.41, 5.74) is 2.19. The van der Waals surface area contributed by atoms with E-state index in [1.165, 1.54) is 25.0 Å². The molecule has 1 atom stereocenters. The summed E-state index contributed by atoms with van der Waals surface area (Å²) in [6.07, 6.45) is 4.44. The molecule has 5 nitrogen and oxygen atoms in total. The topological polar surface area (TPSA) is 58.1 Å². The van der Waals surface area contributed by atoms with Crippen LogP contribution in [0.5, 0.6) is 0 Å². The van der Waals surface area contributed by atoms with Gasteiger partial charge in [-0.3, -0.25) is 4.79 Å². The van der Waals surface area contributed by atoms with Crippen LogP contribution in [0.2, 0.25) is 0 Å². The Balaban J connectivity index is 1.60. The first-order valence-corrected chi connectivity index (χ1v) is 8.42. The van der Waals surface area contributed by atoms with Crippen molar-refractivity contribution in [3.05, 3.63) is 17.5 Å². The molecule has 1 amide bonds. The highest BCUT2D eigenvalue weighted by Gasteiger charge is 2.31. The van der Waals surface area contributed by atoms with E-state index in [9.17, 15) is 4.79 Å². The Morgan fingerprint density at radius 2 is 2.14 bits per heavy atom. The van der Waals surface area contributed by atoms with E-state index in [1.807, 2.05) is 11.8 Å². The lowest BCUT2D eigenvalue weighted by molar-refractivity contribution is -0.129. The molecule has 1 saturated carbocycles. The predicted octanol–water partition coefficient (Wildman–Crippen LogP) is 2.72. The average molecular weight is 302 g/mol. The van der Waals surface area contributed by atoms with Crippen molar-refractivity contribution in [3.63, 3.8) is 0 Å². The van der Waals surface area contributed by atoms with Crippen molar-refractivity contribution < 1.29 is 4.79 Å². The lowest BCUT2D eigenvalue weighted by atomic mass is 9.83. The van der Waals surface area contributed by atoms with Gasteiger partial charge in [0.25, 0.3) is 0 Å². The molecule has 1 saturated heterocycles. The number of hydrogen-bond acceptors (Lipinski definition) is 4. The normalized spacial score (nSPS) is 22.3. The van der Waals surface area contributed by atoms with Gasteiger partial charge in [-0.15, -0.1) is 0 Å². The molecule has 2 heterocycles. The largest absolute Gasteiger partial charge is 0.354 e. The van der Waals surface area contributed by atoms with Gasteiger partial charge in [0, 0.05) is 48.8 Å². The quantitative estimate of drug-likeness (QED) is 0.908. The summed E-state index contributed by atoms with van der Waals surface area (Å²) in [6.45, 7) is 7.77. The molecule has 120 valence electrons. The van der Waals surface area contributed by atoms with Gasteiger partial charge in [-0.25, -0.2) is 9.97 Å². The van der Waals surface area contributed by atoms with Crippen LogP contribution < -0.4 is 5.32 Å². The second-order valence-corrected chi connectivity index (χ2v) is 6.98. The molecule has 0 bridgehead atoms. The monoisotopic (exact) mass is 302 g/mol. The van der Waals surface area contributed by atoms with Crippen molar-refractivity contribution in [3.8, 4) is 0 Å². The van der Waals surface area contributed by atoms with Gasteiger partial charge in [-0.1, -0.05) is 6.42 Å². The molecule has 0 radical (unpaired) electrons. The number of carbonyl (C=O) groups excluding carboxylic acids is 1. The number of aryl methyl sites for hydroxylation is 1. The minimum Gasteiger partial charge on any atom is -0.354 e. The van der Waals surface area contributed by atoms with E-state index >= 15 is 0 Å². The summed E-state index contributed by atoms with van der Waals surface area (Å²) in [6, 6.07) is 2.40. The summed E-state index contributed by atoms with van der Waals surface area (Å²) in [7, 11) is 0. The summed E-state index contributed by atoms with van der Waals surface area (Å²) < 4.78 is 0. The molecule has 3 rings (SSSR count). The van der Waals surface area contributed by atoms with Gasteiger partial charge in [0.2, 0.25) is 11.9 Å². The molecule has 0 aromatic carbocycles. The number of rotatable bonds is 5. The van der Waals surface area contributed by atoms with Crippen LogP contribution in [-0.4, -0.2) is 39.9 Å². The zero-order valence-corrected chi connectivity index (χ0v) is 13.8. The van der Waals surface area contributed by atoms with Crippen molar-refractivity contribution in [1.29, 1.82) is 0 Å². The van der Waals surface area contributed by atoms with Gasteiger partial charge in [0.05, 0.1) is 0 Å². The van der Waals surface area contributed by atoms with Crippen LogP contribution in [-0.2, 0) is 4.79 Å².